The molecule has 1 fully saturated rings. The molecule has 1 saturated carbocycles. The molecule has 1 aliphatic carbocycles. The highest BCUT2D eigenvalue weighted by molar-refractivity contribution is 7.80. The van der Waals surface area contributed by atoms with Crippen LogP contribution in [0, 0.1) is 6.92 Å². The molecule has 9 heteroatoms. The molecule has 2 heterocycles. The molecular formula is C25H31N5O2S2. The SMILES string of the molecule is COC(=O)c1scc(C)c1NC(=S)N[C@H]1CC[C@@H](Nc2cc(N(C)C)c3ccccc3n2)CC1. The van der Waals surface area contributed by atoms with Crippen molar-refractivity contribution in [2.24, 2.45) is 0 Å². The Hall–Kier alpha value is -2.91. The third-order valence-electron chi connectivity index (χ3n) is 6.17. The Bertz CT molecular complexity index is 1190. The Morgan fingerprint density at radius 3 is 2.59 bits per heavy atom. The molecule has 1 aromatic carbocycles. The van der Waals surface area contributed by atoms with Crippen molar-refractivity contribution in [1.82, 2.24) is 10.3 Å². The number of hydrogen-bond donors (Lipinski definition) is 3. The first-order valence-electron chi connectivity index (χ1n) is 11.4. The van der Waals surface area contributed by atoms with Crippen LogP contribution in [0.3, 0.4) is 0 Å². The smallest absolute Gasteiger partial charge is 0.350 e. The lowest BCUT2D eigenvalue weighted by Crippen LogP contribution is -2.42. The van der Waals surface area contributed by atoms with E-state index in [1.165, 1.54) is 18.4 Å². The van der Waals surface area contributed by atoms with E-state index in [9.17, 15) is 4.79 Å². The number of nitrogens with zero attached hydrogens (tertiary/aromatic N) is 2. The molecule has 0 bridgehead atoms. The largest absolute Gasteiger partial charge is 0.465 e. The fourth-order valence-corrected chi connectivity index (χ4v) is 5.56. The van der Waals surface area contributed by atoms with Crippen LogP contribution >= 0.6 is 23.6 Å². The predicted octanol–water partition coefficient (Wildman–Crippen LogP) is 5.17. The quantitative estimate of drug-likeness (QED) is 0.318. The van der Waals surface area contributed by atoms with Crippen molar-refractivity contribution in [2.75, 3.05) is 36.7 Å². The van der Waals surface area contributed by atoms with Gasteiger partial charge in [0.05, 0.1) is 18.3 Å². The number of carbonyl (C=O) groups is 1. The first kappa shape index (κ1) is 24.2. The second kappa shape index (κ2) is 10.6. The highest BCUT2D eigenvalue weighted by atomic mass is 32.1. The number of nitrogens with one attached hydrogen (secondary N) is 3. The van der Waals surface area contributed by atoms with Crippen LogP contribution in [0.4, 0.5) is 17.2 Å². The number of carbonyl (C=O) groups excluding carboxylic acids is 1. The molecule has 3 N–H and O–H groups in total. The standard InChI is InChI=1S/C25H31N5O2S2/c1-15-14-34-23(24(31)32-4)22(15)29-25(33)27-17-11-9-16(10-12-17)26-21-13-20(30(2)3)18-7-5-6-8-19(18)28-21/h5-8,13-14,16-17H,9-12H2,1-4H3,(H,26,28)(H2,27,29,33)/t16-,17+. The number of esters is 1. The van der Waals surface area contributed by atoms with Gasteiger partial charge in [0.25, 0.3) is 0 Å². The summed E-state index contributed by atoms with van der Waals surface area (Å²) in [4.78, 5) is 19.5. The molecule has 1 aliphatic rings. The highest BCUT2D eigenvalue weighted by Gasteiger charge is 2.23. The van der Waals surface area contributed by atoms with Gasteiger partial charge in [-0.2, -0.15) is 0 Å². The minimum Gasteiger partial charge on any atom is -0.465 e. The van der Waals surface area contributed by atoms with Crippen molar-refractivity contribution in [3.63, 3.8) is 0 Å². The molecule has 2 aromatic heterocycles. The van der Waals surface area contributed by atoms with Crippen LogP contribution in [0.1, 0.15) is 40.9 Å². The Labute approximate surface area is 209 Å². The molecule has 0 aliphatic heterocycles. The third kappa shape index (κ3) is 5.42. The van der Waals surface area contributed by atoms with E-state index in [0.717, 1.165) is 59.3 Å². The maximum atomic E-state index is 12.0. The van der Waals surface area contributed by atoms with Crippen molar-refractivity contribution >= 4 is 62.7 Å². The summed E-state index contributed by atoms with van der Waals surface area (Å²) >= 11 is 6.90. The number of fused-ring (bicyclic) bond motifs is 1. The molecule has 0 radical (unpaired) electrons. The van der Waals surface area contributed by atoms with Gasteiger partial charge in [-0.25, -0.2) is 9.78 Å². The normalized spacial score (nSPS) is 17.8. The highest BCUT2D eigenvalue weighted by Crippen LogP contribution is 2.30. The van der Waals surface area contributed by atoms with Gasteiger partial charge in [0.15, 0.2) is 5.11 Å². The summed E-state index contributed by atoms with van der Waals surface area (Å²) in [6, 6.07) is 11.0. The first-order valence-corrected chi connectivity index (χ1v) is 12.7. The van der Waals surface area contributed by atoms with E-state index in [4.69, 9.17) is 21.9 Å². The molecule has 0 spiro atoms. The molecule has 34 heavy (non-hydrogen) atoms. The van der Waals surface area contributed by atoms with Gasteiger partial charge >= 0.3 is 5.97 Å². The zero-order chi connectivity index (χ0) is 24.2. The number of aryl methyl sites for hydroxylation is 1. The van der Waals surface area contributed by atoms with E-state index < -0.39 is 0 Å². The van der Waals surface area contributed by atoms with Gasteiger partial charge in [0.1, 0.15) is 10.7 Å². The second-order valence-electron chi connectivity index (χ2n) is 8.84. The first-order chi connectivity index (χ1) is 16.4. The van der Waals surface area contributed by atoms with Crippen LogP contribution in [0.25, 0.3) is 10.9 Å². The number of ether oxygens (including phenoxy) is 1. The van der Waals surface area contributed by atoms with E-state index in [-0.39, 0.29) is 5.97 Å². The number of methoxy groups -OCH3 is 1. The lowest BCUT2D eigenvalue weighted by Gasteiger charge is -2.31. The Kier molecular flexibility index (Phi) is 7.53. The summed E-state index contributed by atoms with van der Waals surface area (Å²) in [5, 5.41) is 13.9. The number of benzene rings is 1. The summed E-state index contributed by atoms with van der Waals surface area (Å²) in [6.07, 6.45) is 4.05. The molecule has 0 unspecified atom stereocenters. The zero-order valence-electron chi connectivity index (χ0n) is 20.0. The summed E-state index contributed by atoms with van der Waals surface area (Å²) in [6.45, 7) is 1.95. The molecule has 180 valence electrons. The van der Waals surface area contributed by atoms with Crippen molar-refractivity contribution in [3.05, 3.63) is 46.2 Å². The summed E-state index contributed by atoms with van der Waals surface area (Å²) in [7, 11) is 5.51. The van der Waals surface area contributed by atoms with Crippen LogP contribution in [0.2, 0.25) is 0 Å². The molecule has 7 nitrogen and oxygen atoms in total. The Morgan fingerprint density at radius 2 is 1.88 bits per heavy atom. The van der Waals surface area contributed by atoms with Gasteiger partial charge in [0.2, 0.25) is 0 Å². The average Bonchev–Trinajstić information content (AvgIpc) is 3.19. The number of anilines is 3. The van der Waals surface area contributed by atoms with Crippen LogP contribution in [0.15, 0.2) is 35.7 Å². The van der Waals surface area contributed by atoms with Gasteiger partial charge in [-0.1, -0.05) is 18.2 Å². The Balaban J connectivity index is 1.33. The van der Waals surface area contributed by atoms with Gasteiger partial charge in [0, 0.05) is 43.3 Å². The minimum absolute atomic E-state index is 0.292. The van der Waals surface area contributed by atoms with Gasteiger partial charge < -0.3 is 25.6 Å². The number of para-hydroxylation sites is 1. The third-order valence-corrected chi connectivity index (χ3v) is 7.47. The number of rotatable bonds is 6. The molecule has 0 amide bonds. The van der Waals surface area contributed by atoms with Gasteiger partial charge in [-0.15, -0.1) is 11.3 Å². The van der Waals surface area contributed by atoms with Crippen LogP contribution in [-0.2, 0) is 4.74 Å². The number of thiophene rings is 1. The van der Waals surface area contributed by atoms with Crippen molar-refractivity contribution in [3.8, 4) is 0 Å². The van der Waals surface area contributed by atoms with Crippen LogP contribution in [-0.4, -0.2) is 49.4 Å². The average molecular weight is 498 g/mol. The molecule has 4 rings (SSSR count). The van der Waals surface area contributed by atoms with E-state index in [0.29, 0.717) is 22.1 Å². The predicted molar refractivity (Wildman–Crippen MR) is 145 cm³/mol. The van der Waals surface area contributed by atoms with E-state index in [1.54, 1.807) is 0 Å². The van der Waals surface area contributed by atoms with Crippen LogP contribution in [0.5, 0.6) is 0 Å². The molecular weight excluding hydrogens is 466 g/mol. The topological polar surface area (TPSA) is 78.5 Å². The fraction of sp³-hybridized carbons (Fsp3) is 0.400. The number of aromatic nitrogens is 1. The second-order valence-corrected chi connectivity index (χ2v) is 10.1. The van der Waals surface area contributed by atoms with Crippen molar-refractivity contribution < 1.29 is 9.53 Å². The fourth-order valence-electron chi connectivity index (χ4n) is 4.37. The lowest BCUT2D eigenvalue weighted by molar-refractivity contribution is 0.0607. The monoisotopic (exact) mass is 497 g/mol. The summed E-state index contributed by atoms with van der Waals surface area (Å²) in [5.74, 6) is 0.564. The maximum Gasteiger partial charge on any atom is 0.350 e. The number of pyridine rings is 1. The van der Waals surface area contributed by atoms with Gasteiger partial charge in [-0.05, 0) is 61.8 Å². The number of thiocarbonyl (C=S) groups is 1. The minimum atomic E-state index is -0.352. The molecule has 0 saturated heterocycles. The maximum absolute atomic E-state index is 12.0. The summed E-state index contributed by atoms with van der Waals surface area (Å²) in [5.41, 5.74) is 3.86. The van der Waals surface area contributed by atoms with Crippen LogP contribution < -0.4 is 20.9 Å². The molecule has 0 atom stereocenters. The van der Waals surface area contributed by atoms with E-state index in [2.05, 4.69) is 53.1 Å². The lowest BCUT2D eigenvalue weighted by atomic mass is 9.91. The Morgan fingerprint density at radius 1 is 1.18 bits per heavy atom. The van der Waals surface area contributed by atoms with E-state index in [1.807, 2.05) is 24.4 Å². The van der Waals surface area contributed by atoms with E-state index >= 15 is 0 Å². The summed E-state index contributed by atoms with van der Waals surface area (Å²) < 4.78 is 4.88. The zero-order valence-corrected chi connectivity index (χ0v) is 21.6. The molecule has 3 aromatic rings. The van der Waals surface area contributed by atoms with Crippen molar-refractivity contribution in [2.45, 2.75) is 44.7 Å². The number of hydrogen-bond acceptors (Lipinski definition) is 7. The van der Waals surface area contributed by atoms with Gasteiger partial charge in [-0.3, -0.25) is 0 Å². The van der Waals surface area contributed by atoms with Crippen molar-refractivity contribution in [1.29, 1.82) is 0 Å².